The fourth-order valence-corrected chi connectivity index (χ4v) is 1.01. The van der Waals surface area contributed by atoms with E-state index in [1.807, 2.05) is 13.0 Å². The van der Waals surface area contributed by atoms with Crippen LogP contribution >= 0.6 is 11.6 Å². The van der Waals surface area contributed by atoms with Gasteiger partial charge in [0.05, 0.1) is 7.11 Å². The van der Waals surface area contributed by atoms with Gasteiger partial charge in [-0.3, -0.25) is 0 Å². The van der Waals surface area contributed by atoms with E-state index in [9.17, 15) is 4.79 Å². The molecule has 0 amide bonds. The molecule has 1 rings (SSSR count). The van der Waals surface area contributed by atoms with Crippen LogP contribution in [0.4, 0.5) is 0 Å². The summed E-state index contributed by atoms with van der Waals surface area (Å²) in [6.45, 7) is 1.88. The number of esters is 1. The minimum Gasteiger partial charge on any atom is -0.459 e. The maximum atomic E-state index is 10.7. The van der Waals surface area contributed by atoms with Crippen molar-refractivity contribution in [1.29, 1.82) is 0 Å². The third kappa shape index (κ3) is 2.79. The number of benzene rings is 1. The van der Waals surface area contributed by atoms with Gasteiger partial charge in [0.25, 0.3) is 0 Å². The molecule has 0 spiro atoms. The lowest BCUT2D eigenvalue weighted by molar-refractivity contribution is -0.133. The summed E-state index contributed by atoms with van der Waals surface area (Å²) in [6.07, 6.45) is 0. The monoisotopic (exact) mass is 208 g/mol. The largest absolute Gasteiger partial charge is 0.459 e. The third-order valence-corrected chi connectivity index (χ3v) is 2.08. The van der Waals surface area contributed by atoms with E-state index in [4.69, 9.17) is 11.6 Å². The van der Waals surface area contributed by atoms with E-state index >= 15 is 0 Å². The zero-order chi connectivity index (χ0) is 10.6. The summed E-state index contributed by atoms with van der Waals surface area (Å²) in [4.78, 5) is 10.7. The normalized spacial score (nSPS) is 8.79. The lowest BCUT2D eigenvalue weighted by Gasteiger charge is -1.96. The van der Waals surface area contributed by atoms with Crippen molar-refractivity contribution in [3.63, 3.8) is 0 Å². The minimum atomic E-state index is -0.544. The number of hydrogen-bond donors (Lipinski definition) is 0. The fourth-order valence-electron chi connectivity index (χ4n) is 0.897. The standard InChI is InChI=1S/C11H9ClO2/c1-8-7-9(3-5-10(8)12)4-6-11(13)14-2/h3,5,7H,1-2H3. The van der Waals surface area contributed by atoms with Gasteiger partial charge < -0.3 is 4.74 Å². The van der Waals surface area contributed by atoms with Crippen molar-refractivity contribution in [3.05, 3.63) is 34.3 Å². The number of methoxy groups -OCH3 is 1. The summed E-state index contributed by atoms with van der Waals surface area (Å²) in [5.74, 6) is 4.48. The molecule has 0 unspecified atom stereocenters. The molecule has 0 aliphatic heterocycles. The van der Waals surface area contributed by atoms with E-state index in [1.54, 1.807) is 12.1 Å². The Bertz CT molecular complexity index is 413. The number of halogens is 1. The highest BCUT2D eigenvalue weighted by molar-refractivity contribution is 6.31. The van der Waals surface area contributed by atoms with E-state index in [2.05, 4.69) is 16.6 Å². The van der Waals surface area contributed by atoms with Gasteiger partial charge in [0, 0.05) is 16.5 Å². The Morgan fingerprint density at radius 1 is 1.50 bits per heavy atom. The highest BCUT2D eigenvalue weighted by Gasteiger charge is 1.95. The molecule has 0 aromatic heterocycles. The van der Waals surface area contributed by atoms with E-state index < -0.39 is 5.97 Å². The Morgan fingerprint density at radius 3 is 2.79 bits per heavy atom. The molecule has 0 bridgehead atoms. The Morgan fingerprint density at radius 2 is 2.21 bits per heavy atom. The van der Waals surface area contributed by atoms with Gasteiger partial charge in [0.15, 0.2) is 0 Å². The van der Waals surface area contributed by atoms with Crippen LogP contribution in [-0.2, 0) is 9.53 Å². The lowest BCUT2D eigenvalue weighted by atomic mass is 10.1. The van der Waals surface area contributed by atoms with E-state index in [0.29, 0.717) is 5.02 Å². The van der Waals surface area contributed by atoms with E-state index in [0.717, 1.165) is 11.1 Å². The fraction of sp³-hybridized carbons (Fsp3) is 0.182. The maximum absolute atomic E-state index is 10.7. The molecule has 0 N–H and O–H groups in total. The molecule has 2 nitrogen and oxygen atoms in total. The summed E-state index contributed by atoms with van der Waals surface area (Å²) in [7, 11) is 1.30. The van der Waals surface area contributed by atoms with Gasteiger partial charge in [-0.2, -0.15) is 0 Å². The van der Waals surface area contributed by atoms with Crippen molar-refractivity contribution in [3.8, 4) is 11.8 Å². The van der Waals surface area contributed by atoms with Crippen molar-refractivity contribution in [2.45, 2.75) is 6.92 Å². The Balaban J connectivity index is 2.91. The first-order chi connectivity index (χ1) is 6.63. The number of rotatable bonds is 0. The van der Waals surface area contributed by atoms with Crippen LogP contribution in [0.1, 0.15) is 11.1 Å². The summed E-state index contributed by atoms with van der Waals surface area (Å²) in [6, 6.07) is 5.32. The summed E-state index contributed by atoms with van der Waals surface area (Å²) in [5.41, 5.74) is 1.68. The van der Waals surface area contributed by atoms with Crippen LogP contribution in [0.15, 0.2) is 18.2 Å². The number of aryl methyl sites for hydroxylation is 1. The van der Waals surface area contributed by atoms with Crippen molar-refractivity contribution in [2.24, 2.45) is 0 Å². The molecule has 0 radical (unpaired) electrons. The highest BCUT2D eigenvalue weighted by Crippen LogP contribution is 2.15. The molecular formula is C11H9ClO2. The number of carbonyl (C=O) groups excluding carboxylic acids is 1. The van der Waals surface area contributed by atoms with Gasteiger partial charge in [0.1, 0.15) is 0 Å². The lowest BCUT2D eigenvalue weighted by Crippen LogP contribution is -1.94. The number of carbonyl (C=O) groups is 1. The molecule has 0 aliphatic carbocycles. The highest BCUT2D eigenvalue weighted by atomic mass is 35.5. The SMILES string of the molecule is COC(=O)C#Cc1ccc(Cl)c(C)c1. The predicted molar refractivity (Wildman–Crippen MR) is 55.1 cm³/mol. The average Bonchev–Trinajstić information content (AvgIpc) is 2.19. The molecule has 14 heavy (non-hydrogen) atoms. The van der Waals surface area contributed by atoms with Gasteiger partial charge in [-0.25, -0.2) is 4.79 Å². The minimum absolute atomic E-state index is 0.544. The molecule has 0 heterocycles. The van der Waals surface area contributed by atoms with Crippen molar-refractivity contribution in [1.82, 2.24) is 0 Å². The third-order valence-electron chi connectivity index (χ3n) is 1.65. The van der Waals surface area contributed by atoms with Gasteiger partial charge in [0.2, 0.25) is 0 Å². The first kappa shape index (κ1) is 10.6. The van der Waals surface area contributed by atoms with Crippen LogP contribution in [0.3, 0.4) is 0 Å². The average molecular weight is 209 g/mol. The van der Waals surface area contributed by atoms with Crippen molar-refractivity contribution >= 4 is 17.6 Å². The molecule has 1 aromatic rings. The van der Waals surface area contributed by atoms with Crippen LogP contribution in [0, 0.1) is 18.8 Å². The molecule has 0 saturated heterocycles. The molecule has 0 fully saturated rings. The van der Waals surface area contributed by atoms with E-state index in [-0.39, 0.29) is 0 Å². The molecule has 0 aliphatic rings. The second kappa shape index (κ2) is 4.69. The molecule has 72 valence electrons. The quantitative estimate of drug-likeness (QED) is 0.483. The zero-order valence-corrected chi connectivity index (χ0v) is 8.68. The number of ether oxygens (including phenoxy) is 1. The molecular weight excluding hydrogens is 200 g/mol. The van der Waals surface area contributed by atoms with Crippen LogP contribution in [0.25, 0.3) is 0 Å². The van der Waals surface area contributed by atoms with Gasteiger partial charge in [-0.1, -0.05) is 17.5 Å². The Labute approximate surface area is 87.8 Å². The van der Waals surface area contributed by atoms with Crippen LogP contribution in [-0.4, -0.2) is 13.1 Å². The van der Waals surface area contributed by atoms with Crippen LogP contribution in [0.2, 0.25) is 5.02 Å². The van der Waals surface area contributed by atoms with Crippen molar-refractivity contribution < 1.29 is 9.53 Å². The predicted octanol–water partition coefficient (Wildman–Crippen LogP) is 2.17. The molecule has 1 aromatic carbocycles. The molecule has 0 saturated carbocycles. The zero-order valence-electron chi connectivity index (χ0n) is 7.93. The van der Waals surface area contributed by atoms with Gasteiger partial charge >= 0.3 is 5.97 Å². The van der Waals surface area contributed by atoms with Gasteiger partial charge in [-0.15, -0.1) is 0 Å². The Hall–Kier alpha value is -1.46. The van der Waals surface area contributed by atoms with Crippen LogP contribution in [0.5, 0.6) is 0 Å². The first-order valence-corrected chi connectivity index (χ1v) is 4.37. The van der Waals surface area contributed by atoms with E-state index in [1.165, 1.54) is 7.11 Å². The Kier molecular flexibility index (Phi) is 3.55. The molecule has 3 heteroatoms. The summed E-state index contributed by atoms with van der Waals surface area (Å²) in [5, 5.41) is 0.689. The maximum Gasteiger partial charge on any atom is 0.384 e. The van der Waals surface area contributed by atoms with Gasteiger partial charge in [-0.05, 0) is 30.7 Å². The molecule has 0 atom stereocenters. The topological polar surface area (TPSA) is 26.3 Å². The summed E-state index contributed by atoms with van der Waals surface area (Å²) < 4.78 is 4.39. The summed E-state index contributed by atoms with van der Waals surface area (Å²) >= 11 is 5.83. The smallest absolute Gasteiger partial charge is 0.384 e. The van der Waals surface area contributed by atoms with Crippen molar-refractivity contribution in [2.75, 3.05) is 7.11 Å². The van der Waals surface area contributed by atoms with Crippen LogP contribution < -0.4 is 0 Å². The number of hydrogen-bond acceptors (Lipinski definition) is 2. The second-order valence-corrected chi connectivity index (χ2v) is 3.11. The first-order valence-electron chi connectivity index (χ1n) is 3.99. The second-order valence-electron chi connectivity index (χ2n) is 2.71.